The molecule has 1 aromatic carbocycles. The molecule has 2 N–H and O–H groups in total. The first-order valence-electron chi connectivity index (χ1n) is 7.48. The van der Waals surface area contributed by atoms with Gasteiger partial charge in [0.05, 0.1) is 7.11 Å². The highest BCUT2D eigenvalue weighted by molar-refractivity contribution is 6.09. The standard InChI is InChI=1S/C16H21N3O2/c1-3-9-19-15(20)18-14(17)16(19)8-4-5-11-10-12(21-2)6-7-13(11)16/h6-7,10H,3-5,8-9H2,1-2H3,(H2,17,18,20). The molecule has 0 radical (unpaired) electrons. The average Bonchev–Trinajstić information content (AvgIpc) is 2.72. The number of methoxy groups -OCH3 is 1. The Morgan fingerprint density at radius 2 is 2.29 bits per heavy atom. The molecule has 0 bridgehead atoms. The largest absolute Gasteiger partial charge is 0.497 e. The Balaban J connectivity index is 2.14. The maximum atomic E-state index is 12.2. The van der Waals surface area contributed by atoms with E-state index in [0.717, 1.165) is 37.0 Å². The smallest absolute Gasteiger partial charge is 0.323 e. The van der Waals surface area contributed by atoms with Gasteiger partial charge in [0.1, 0.15) is 17.1 Å². The molecule has 5 nitrogen and oxygen atoms in total. The number of carbonyl (C=O) groups excluding carboxylic acids is 1. The molecule has 1 spiro atoms. The highest BCUT2D eigenvalue weighted by Crippen LogP contribution is 2.44. The average molecular weight is 287 g/mol. The van der Waals surface area contributed by atoms with E-state index >= 15 is 0 Å². The van der Waals surface area contributed by atoms with Crippen LogP contribution in [0.3, 0.4) is 0 Å². The topological polar surface area (TPSA) is 65.4 Å². The zero-order valence-corrected chi connectivity index (χ0v) is 12.5. The van der Waals surface area contributed by atoms with E-state index in [1.54, 1.807) is 7.11 Å². The van der Waals surface area contributed by atoms with Gasteiger partial charge in [-0.05, 0) is 48.9 Å². The molecule has 0 aromatic heterocycles. The molecule has 1 heterocycles. The monoisotopic (exact) mass is 287 g/mol. The van der Waals surface area contributed by atoms with E-state index in [-0.39, 0.29) is 6.03 Å². The summed E-state index contributed by atoms with van der Waals surface area (Å²) in [5.41, 5.74) is 1.65. The predicted octanol–water partition coefficient (Wildman–Crippen LogP) is 2.64. The number of amides is 2. The Bertz CT molecular complexity index is 599. The number of benzene rings is 1. The van der Waals surface area contributed by atoms with E-state index in [2.05, 4.69) is 12.2 Å². The Labute approximate surface area is 124 Å². The van der Waals surface area contributed by atoms with Gasteiger partial charge in [-0.1, -0.05) is 13.0 Å². The fourth-order valence-corrected chi connectivity index (χ4v) is 3.62. The summed E-state index contributed by atoms with van der Waals surface area (Å²) >= 11 is 0. The van der Waals surface area contributed by atoms with E-state index in [0.29, 0.717) is 12.4 Å². The van der Waals surface area contributed by atoms with Crippen molar-refractivity contribution in [1.82, 2.24) is 10.2 Å². The highest BCUT2D eigenvalue weighted by Gasteiger charge is 2.52. The number of aryl methyl sites for hydroxylation is 1. The summed E-state index contributed by atoms with van der Waals surface area (Å²) in [4.78, 5) is 14.1. The van der Waals surface area contributed by atoms with Crippen molar-refractivity contribution in [2.75, 3.05) is 13.7 Å². The number of carbonyl (C=O) groups is 1. The minimum atomic E-state index is -0.604. The van der Waals surface area contributed by atoms with Crippen molar-refractivity contribution >= 4 is 11.9 Å². The van der Waals surface area contributed by atoms with Crippen LogP contribution in [-0.2, 0) is 12.0 Å². The molecule has 5 heteroatoms. The summed E-state index contributed by atoms with van der Waals surface area (Å²) in [6.45, 7) is 2.72. The molecule has 1 unspecified atom stereocenters. The van der Waals surface area contributed by atoms with Gasteiger partial charge < -0.3 is 9.64 Å². The fraction of sp³-hybridized carbons (Fsp3) is 0.500. The number of urea groups is 1. The van der Waals surface area contributed by atoms with E-state index < -0.39 is 5.54 Å². The lowest BCUT2D eigenvalue weighted by Crippen LogP contribution is -2.49. The molecule has 3 rings (SSSR count). The Hall–Kier alpha value is -2.04. The van der Waals surface area contributed by atoms with Crippen molar-refractivity contribution in [3.63, 3.8) is 0 Å². The first-order valence-corrected chi connectivity index (χ1v) is 7.48. The molecule has 1 aliphatic carbocycles. The zero-order valence-electron chi connectivity index (χ0n) is 12.5. The normalized spacial score (nSPS) is 24.2. The quantitative estimate of drug-likeness (QED) is 0.897. The Morgan fingerprint density at radius 3 is 3.00 bits per heavy atom. The highest BCUT2D eigenvalue weighted by atomic mass is 16.5. The van der Waals surface area contributed by atoms with Gasteiger partial charge in [-0.3, -0.25) is 10.7 Å². The van der Waals surface area contributed by atoms with Crippen LogP contribution in [0.1, 0.15) is 37.3 Å². The summed E-state index contributed by atoms with van der Waals surface area (Å²) in [5, 5.41) is 11.1. The van der Waals surface area contributed by atoms with Crippen molar-refractivity contribution in [3.05, 3.63) is 29.3 Å². The first-order chi connectivity index (χ1) is 10.1. The molecule has 1 atom stereocenters. The van der Waals surface area contributed by atoms with Crippen LogP contribution < -0.4 is 10.1 Å². The maximum absolute atomic E-state index is 12.2. The van der Waals surface area contributed by atoms with Gasteiger partial charge in [-0.25, -0.2) is 4.79 Å². The van der Waals surface area contributed by atoms with Gasteiger partial charge in [0, 0.05) is 6.54 Å². The lowest BCUT2D eigenvalue weighted by molar-refractivity contribution is 0.161. The zero-order chi connectivity index (χ0) is 15.0. The summed E-state index contributed by atoms with van der Waals surface area (Å²) in [6.07, 6.45) is 3.63. The van der Waals surface area contributed by atoms with Crippen LogP contribution in [0.15, 0.2) is 18.2 Å². The predicted molar refractivity (Wildman–Crippen MR) is 80.9 cm³/mol. The van der Waals surface area contributed by atoms with Gasteiger partial charge in [-0.15, -0.1) is 0 Å². The van der Waals surface area contributed by atoms with Crippen molar-refractivity contribution in [2.24, 2.45) is 0 Å². The molecule has 21 heavy (non-hydrogen) atoms. The van der Waals surface area contributed by atoms with E-state index in [1.807, 2.05) is 23.1 Å². The molecule has 1 fully saturated rings. The van der Waals surface area contributed by atoms with Gasteiger partial charge in [0.15, 0.2) is 0 Å². The summed E-state index contributed by atoms with van der Waals surface area (Å²) < 4.78 is 5.30. The second-order valence-corrected chi connectivity index (χ2v) is 5.69. The number of nitrogens with zero attached hydrogens (tertiary/aromatic N) is 1. The minimum absolute atomic E-state index is 0.148. The van der Waals surface area contributed by atoms with Crippen LogP contribution in [0.25, 0.3) is 0 Å². The Morgan fingerprint density at radius 1 is 1.48 bits per heavy atom. The van der Waals surface area contributed by atoms with Gasteiger partial charge in [-0.2, -0.15) is 0 Å². The fourth-order valence-electron chi connectivity index (χ4n) is 3.62. The minimum Gasteiger partial charge on any atom is -0.497 e. The van der Waals surface area contributed by atoms with Crippen LogP contribution in [-0.4, -0.2) is 30.4 Å². The number of amidine groups is 1. The molecule has 2 aliphatic rings. The Kier molecular flexibility index (Phi) is 3.35. The molecule has 1 saturated heterocycles. The molecule has 112 valence electrons. The van der Waals surface area contributed by atoms with Crippen LogP contribution in [0.2, 0.25) is 0 Å². The van der Waals surface area contributed by atoms with Gasteiger partial charge in [0.25, 0.3) is 0 Å². The number of rotatable bonds is 3. The van der Waals surface area contributed by atoms with Crippen molar-refractivity contribution in [1.29, 1.82) is 5.41 Å². The molecular formula is C16H21N3O2. The van der Waals surface area contributed by atoms with Crippen LogP contribution in [0.5, 0.6) is 5.75 Å². The number of hydrogen-bond acceptors (Lipinski definition) is 3. The summed E-state index contributed by atoms with van der Waals surface area (Å²) in [7, 11) is 1.66. The van der Waals surface area contributed by atoms with E-state index in [9.17, 15) is 4.79 Å². The van der Waals surface area contributed by atoms with Crippen molar-refractivity contribution in [3.8, 4) is 5.75 Å². The number of nitrogens with one attached hydrogen (secondary N) is 2. The second kappa shape index (κ2) is 5.06. The lowest BCUT2D eigenvalue weighted by Gasteiger charge is -2.41. The molecule has 2 amide bonds. The lowest BCUT2D eigenvalue weighted by atomic mass is 9.75. The van der Waals surface area contributed by atoms with Gasteiger partial charge >= 0.3 is 6.03 Å². The third-order valence-electron chi connectivity index (χ3n) is 4.54. The first kappa shape index (κ1) is 13.9. The molecular weight excluding hydrogens is 266 g/mol. The maximum Gasteiger partial charge on any atom is 0.323 e. The molecule has 1 aromatic rings. The number of ether oxygens (including phenoxy) is 1. The number of hydrogen-bond donors (Lipinski definition) is 2. The summed E-state index contributed by atoms with van der Waals surface area (Å²) in [5.74, 6) is 1.14. The molecule has 1 aliphatic heterocycles. The van der Waals surface area contributed by atoms with Crippen molar-refractivity contribution < 1.29 is 9.53 Å². The molecule has 0 saturated carbocycles. The van der Waals surface area contributed by atoms with Crippen LogP contribution in [0, 0.1) is 5.41 Å². The third kappa shape index (κ3) is 1.91. The van der Waals surface area contributed by atoms with Crippen LogP contribution in [0.4, 0.5) is 4.79 Å². The van der Waals surface area contributed by atoms with Gasteiger partial charge in [0.2, 0.25) is 0 Å². The summed E-state index contributed by atoms with van der Waals surface area (Å²) in [6, 6.07) is 5.83. The van der Waals surface area contributed by atoms with Crippen LogP contribution >= 0.6 is 0 Å². The van der Waals surface area contributed by atoms with Crippen molar-refractivity contribution in [2.45, 2.75) is 38.1 Å². The van der Waals surface area contributed by atoms with E-state index in [1.165, 1.54) is 5.56 Å². The van der Waals surface area contributed by atoms with E-state index in [4.69, 9.17) is 10.1 Å². The second-order valence-electron chi connectivity index (χ2n) is 5.69. The SMILES string of the molecule is CCCN1C(=O)NC(=N)C12CCCc1cc(OC)ccc12. The third-order valence-corrected chi connectivity index (χ3v) is 4.54. The number of fused-ring (bicyclic) bond motifs is 2.